The highest BCUT2D eigenvalue weighted by atomic mass is 32.1. The molecule has 3 aromatic rings. The van der Waals surface area contributed by atoms with E-state index in [-0.39, 0.29) is 17.8 Å². The van der Waals surface area contributed by atoms with Gasteiger partial charge in [-0.2, -0.15) is 0 Å². The Labute approximate surface area is 184 Å². The van der Waals surface area contributed by atoms with Gasteiger partial charge >= 0.3 is 6.03 Å². The Bertz CT molecular complexity index is 1060. The molecule has 4 N–H and O–H groups in total. The van der Waals surface area contributed by atoms with Crippen LogP contribution in [0.4, 0.5) is 16.2 Å². The summed E-state index contributed by atoms with van der Waals surface area (Å²) in [5.41, 5.74) is 3.81. The molecule has 0 atom stereocenters. The van der Waals surface area contributed by atoms with Gasteiger partial charge in [0.2, 0.25) is 0 Å². The Hall–Kier alpha value is -3.65. The van der Waals surface area contributed by atoms with Gasteiger partial charge < -0.3 is 21.3 Å². The topological polar surface area (TPSA) is 99.3 Å². The molecule has 8 heteroatoms. The molecule has 0 aliphatic rings. The molecule has 0 fully saturated rings. The molecule has 0 aliphatic heterocycles. The van der Waals surface area contributed by atoms with Gasteiger partial charge in [-0.15, -0.1) is 11.3 Å². The first-order chi connectivity index (χ1) is 14.9. The number of anilines is 2. The van der Waals surface area contributed by atoms with Crippen molar-refractivity contribution in [3.05, 3.63) is 81.5 Å². The second-order valence-corrected chi connectivity index (χ2v) is 7.91. The first-order valence-electron chi connectivity index (χ1n) is 9.77. The summed E-state index contributed by atoms with van der Waals surface area (Å²) < 4.78 is 0. The minimum atomic E-state index is -0.354. The molecule has 1 aromatic heterocycles. The molecule has 0 bridgehead atoms. The second-order valence-electron chi connectivity index (χ2n) is 6.96. The lowest BCUT2D eigenvalue weighted by Gasteiger charge is -2.11. The van der Waals surface area contributed by atoms with E-state index in [9.17, 15) is 14.4 Å². The molecule has 4 amide bonds. The molecule has 0 spiro atoms. The summed E-state index contributed by atoms with van der Waals surface area (Å²) in [5, 5.41) is 12.9. The molecule has 0 radical (unpaired) electrons. The van der Waals surface area contributed by atoms with Crippen LogP contribution in [-0.4, -0.2) is 30.9 Å². The lowest BCUT2D eigenvalue weighted by atomic mass is 10.1. The van der Waals surface area contributed by atoms with Crippen LogP contribution in [0.2, 0.25) is 0 Å². The van der Waals surface area contributed by atoms with Crippen molar-refractivity contribution in [3.8, 4) is 0 Å². The predicted molar refractivity (Wildman–Crippen MR) is 124 cm³/mol. The fraction of sp³-hybridized carbons (Fsp3) is 0.174. The van der Waals surface area contributed by atoms with Crippen LogP contribution >= 0.6 is 11.3 Å². The zero-order chi connectivity index (χ0) is 22.2. The molecule has 2 aromatic carbocycles. The van der Waals surface area contributed by atoms with Gasteiger partial charge in [0.15, 0.2) is 0 Å². The van der Waals surface area contributed by atoms with Crippen LogP contribution in [-0.2, 0) is 0 Å². The summed E-state index contributed by atoms with van der Waals surface area (Å²) in [4.78, 5) is 37.0. The number of hydrogen-bond donors (Lipinski definition) is 4. The maximum atomic E-state index is 12.2. The molecule has 3 rings (SSSR count). The molecule has 31 heavy (non-hydrogen) atoms. The average Bonchev–Trinajstić information content (AvgIpc) is 3.29. The van der Waals surface area contributed by atoms with Gasteiger partial charge in [-0.05, 0) is 66.8 Å². The summed E-state index contributed by atoms with van der Waals surface area (Å²) >= 11 is 1.37. The van der Waals surface area contributed by atoms with Crippen LogP contribution < -0.4 is 21.3 Å². The Kier molecular flexibility index (Phi) is 7.40. The van der Waals surface area contributed by atoms with Gasteiger partial charge in [0.25, 0.3) is 11.8 Å². The van der Waals surface area contributed by atoms with Crippen LogP contribution in [0, 0.1) is 13.8 Å². The van der Waals surface area contributed by atoms with E-state index in [0.717, 1.165) is 16.8 Å². The molecular weight excluding hydrogens is 412 g/mol. The monoisotopic (exact) mass is 436 g/mol. The van der Waals surface area contributed by atoms with Crippen molar-refractivity contribution in [2.45, 2.75) is 13.8 Å². The number of rotatable bonds is 7. The smallest absolute Gasteiger partial charge is 0.323 e. The highest BCUT2D eigenvalue weighted by molar-refractivity contribution is 7.12. The Morgan fingerprint density at radius 3 is 2.23 bits per heavy atom. The van der Waals surface area contributed by atoms with E-state index in [1.807, 2.05) is 43.5 Å². The van der Waals surface area contributed by atoms with Crippen LogP contribution in [0.15, 0.2) is 60.0 Å². The van der Waals surface area contributed by atoms with Crippen molar-refractivity contribution in [2.24, 2.45) is 0 Å². The molecule has 0 unspecified atom stereocenters. The summed E-state index contributed by atoms with van der Waals surface area (Å²) in [6.07, 6.45) is 0. The first kappa shape index (κ1) is 22.0. The highest BCUT2D eigenvalue weighted by Crippen LogP contribution is 2.17. The highest BCUT2D eigenvalue weighted by Gasteiger charge is 2.09. The molecule has 7 nitrogen and oxygen atoms in total. The van der Waals surface area contributed by atoms with E-state index in [2.05, 4.69) is 21.3 Å². The minimum absolute atomic E-state index is 0.154. The van der Waals surface area contributed by atoms with Gasteiger partial charge in [0, 0.05) is 30.0 Å². The van der Waals surface area contributed by atoms with Crippen molar-refractivity contribution >= 4 is 40.6 Å². The van der Waals surface area contributed by atoms with E-state index in [1.54, 1.807) is 30.3 Å². The van der Waals surface area contributed by atoms with Gasteiger partial charge in [0.1, 0.15) is 0 Å². The Morgan fingerprint density at radius 2 is 1.55 bits per heavy atom. The molecule has 160 valence electrons. The number of aryl methyl sites for hydroxylation is 2. The SMILES string of the molecule is Cc1ccc(C)c(NC(=O)Nc2ccc(C(=O)NCCNC(=O)c3cccs3)cc2)c1. The first-order valence-corrected chi connectivity index (χ1v) is 10.7. The fourth-order valence-corrected chi connectivity index (χ4v) is 3.45. The summed E-state index contributed by atoms with van der Waals surface area (Å²) in [5.74, 6) is -0.407. The number of benzene rings is 2. The maximum absolute atomic E-state index is 12.2. The summed E-state index contributed by atoms with van der Waals surface area (Å²) in [6, 6.07) is 15.6. The largest absolute Gasteiger partial charge is 0.350 e. The van der Waals surface area contributed by atoms with Crippen molar-refractivity contribution in [1.82, 2.24) is 10.6 Å². The van der Waals surface area contributed by atoms with E-state index in [1.165, 1.54) is 11.3 Å². The molecule has 1 heterocycles. The van der Waals surface area contributed by atoms with Crippen LogP contribution in [0.5, 0.6) is 0 Å². The number of carbonyl (C=O) groups excluding carboxylic acids is 3. The minimum Gasteiger partial charge on any atom is -0.350 e. The zero-order valence-electron chi connectivity index (χ0n) is 17.3. The zero-order valence-corrected chi connectivity index (χ0v) is 18.1. The standard InChI is InChI=1S/C23H24N4O3S/c1-15-5-6-16(2)19(14-15)27-23(30)26-18-9-7-17(8-10-18)21(28)24-11-12-25-22(29)20-4-3-13-31-20/h3-10,13-14H,11-12H2,1-2H3,(H,24,28)(H,25,29)(H2,26,27,30). The van der Waals surface area contributed by atoms with Gasteiger partial charge in [-0.3, -0.25) is 9.59 Å². The van der Waals surface area contributed by atoms with Gasteiger partial charge in [-0.25, -0.2) is 4.79 Å². The van der Waals surface area contributed by atoms with E-state index in [0.29, 0.717) is 29.2 Å². The maximum Gasteiger partial charge on any atom is 0.323 e. The van der Waals surface area contributed by atoms with Crippen LogP contribution in [0.3, 0.4) is 0 Å². The molecular formula is C23H24N4O3S. The number of urea groups is 1. The number of nitrogens with one attached hydrogen (secondary N) is 4. The van der Waals surface area contributed by atoms with E-state index < -0.39 is 0 Å². The van der Waals surface area contributed by atoms with Crippen LogP contribution in [0.25, 0.3) is 0 Å². The third kappa shape index (κ3) is 6.42. The van der Waals surface area contributed by atoms with Crippen molar-refractivity contribution in [1.29, 1.82) is 0 Å². The summed E-state index contributed by atoms with van der Waals surface area (Å²) in [7, 11) is 0. The van der Waals surface area contributed by atoms with Gasteiger partial charge in [-0.1, -0.05) is 18.2 Å². The quantitative estimate of drug-likeness (QED) is 0.418. The number of thiophene rings is 1. The third-order valence-corrected chi connectivity index (χ3v) is 5.36. The Balaban J connectivity index is 1.44. The molecule has 0 aliphatic carbocycles. The number of carbonyl (C=O) groups is 3. The lowest BCUT2D eigenvalue weighted by molar-refractivity contribution is 0.0929. The Morgan fingerprint density at radius 1 is 0.839 bits per heavy atom. The lowest BCUT2D eigenvalue weighted by Crippen LogP contribution is -2.34. The van der Waals surface area contributed by atoms with Crippen molar-refractivity contribution < 1.29 is 14.4 Å². The summed E-state index contributed by atoms with van der Waals surface area (Å²) in [6.45, 7) is 4.54. The number of amides is 4. The molecule has 0 saturated carbocycles. The van der Waals surface area contributed by atoms with Crippen molar-refractivity contribution in [2.75, 3.05) is 23.7 Å². The number of hydrogen-bond acceptors (Lipinski definition) is 4. The second kappa shape index (κ2) is 10.4. The van der Waals surface area contributed by atoms with Gasteiger partial charge in [0.05, 0.1) is 4.88 Å². The van der Waals surface area contributed by atoms with E-state index >= 15 is 0 Å². The normalized spacial score (nSPS) is 10.3. The van der Waals surface area contributed by atoms with Crippen molar-refractivity contribution in [3.63, 3.8) is 0 Å². The van der Waals surface area contributed by atoms with Crippen LogP contribution in [0.1, 0.15) is 31.2 Å². The fourth-order valence-electron chi connectivity index (χ4n) is 2.81. The average molecular weight is 437 g/mol. The predicted octanol–water partition coefficient (Wildman–Crippen LogP) is 4.17. The third-order valence-electron chi connectivity index (χ3n) is 4.49. The van der Waals surface area contributed by atoms with E-state index in [4.69, 9.17) is 0 Å². The molecule has 0 saturated heterocycles.